The Bertz CT molecular complexity index is 308. The third kappa shape index (κ3) is 4.29. The number of rotatable bonds is 5. The average molecular weight is 294 g/mol. The van der Waals surface area contributed by atoms with Gasteiger partial charge in [-0.15, -0.1) is 0 Å². The van der Waals surface area contributed by atoms with E-state index in [9.17, 15) is 4.79 Å². The summed E-state index contributed by atoms with van der Waals surface area (Å²) in [7, 11) is 0. The van der Waals surface area contributed by atoms with Gasteiger partial charge in [0.25, 0.3) is 0 Å². The summed E-state index contributed by atoms with van der Waals surface area (Å²) in [5.41, 5.74) is 0. The molecule has 3 nitrogen and oxygen atoms in total. The zero-order valence-corrected chi connectivity index (χ0v) is 13.2. The first kappa shape index (κ1) is 15.5. The van der Waals surface area contributed by atoms with E-state index in [1.807, 2.05) is 0 Å². The van der Waals surface area contributed by atoms with Crippen molar-refractivity contribution in [1.82, 2.24) is 0 Å². The summed E-state index contributed by atoms with van der Waals surface area (Å²) < 4.78 is 11.1. The molecule has 21 heavy (non-hydrogen) atoms. The second kappa shape index (κ2) is 7.73. The molecular weight excluding hydrogens is 264 g/mol. The molecule has 3 heteroatoms. The Hall–Kier alpha value is -0.410. The molecule has 0 aromatic carbocycles. The number of ether oxygens (including phenoxy) is 2. The molecule has 3 fully saturated rings. The molecule has 0 unspecified atom stereocenters. The fourth-order valence-electron chi connectivity index (χ4n) is 4.65. The molecule has 120 valence electrons. The Morgan fingerprint density at radius 3 is 1.90 bits per heavy atom. The monoisotopic (exact) mass is 294 g/mol. The minimum atomic E-state index is 0.0846. The van der Waals surface area contributed by atoms with Gasteiger partial charge in [0.05, 0.1) is 13.2 Å². The fraction of sp³-hybridized carbons (Fsp3) is 0.944. The average Bonchev–Trinajstić information content (AvgIpc) is 3.07. The van der Waals surface area contributed by atoms with Crippen LogP contribution in [0.5, 0.6) is 0 Å². The van der Waals surface area contributed by atoms with Crippen LogP contribution in [0.25, 0.3) is 0 Å². The Morgan fingerprint density at radius 2 is 1.33 bits per heavy atom. The normalized spacial score (nSPS) is 38.5. The van der Waals surface area contributed by atoms with E-state index in [2.05, 4.69) is 0 Å². The summed E-state index contributed by atoms with van der Waals surface area (Å²) in [5.74, 6) is 3.10. The molecule has 2 aliphatic carbocycles. The Morgan fingerprint density at radius 1 is 0.762 bits per heavy atom. The molecule has 0 aromatic heterocycles. The van der Waals surface area contributed by atoms with Crippen LogP contribution in [-0.2, 0) is 14.3 Å². The molecule has 1 aliphatic heterocycles. The van der Waals surface area contributed by atoms with Gasteiger partial charge in [-0.3, -0.25) is 0 Å². The molecule has 1 saturated heterocycles. The first-order valence-corrected chi connectivity index (χ1v) is 9.03. The third-order valence-electron chi connectivity index (χ3n) is 6.07. The Kier molecular flexibility index (Phi) is 5.70. The summed E-state index contributed by atoms with van der Waals surface area (Å²) in [4.78, 5) is 10.8. The first-order chi connectivity index (χ1) is 10.3. The molecule has 0 atom stereocenters. The van der Waals surface area contributed by atoms with Gasteiger partial charge in [0.2, 0.25) is 0 Å². The highest BCUT2D eigenvalue weighted by atomic mass is 16.7. The molecule has 2 saturated carbocycles. The number of aldehydes is 1. The minimum Gasteiger partial charge on any atom is -0.350 e. The molecular formula is C18H30O3. The van der Waals surface area contributed by atoms with Crippen molar-refractivity contribution in [2.75, 3.05) is 13.2 Å². The predicted molar refractivity (Wildman–Crippen MR) is 81.9 cm³/mol. The molecule has 0 N–H and O–H groups in total. The van der Waals surface area contributed by atoms with Gasteiger partial charge in [0, 0.05) is 5.92 Å². The lowest BCUT2D eigenvalue weighted by atomic mass is 9.69. The topological polar surface area (TPSA) is 35.5 Å². The van der Waals surface area contributed by atoms with Crippen LogP contribution in [0.15, 0.2) is 0 Å². The van der Waals surface area contributed by atoms with Crippen molar-refractivity contribution < 1.29 is 14.3 Å². The van der Waals surface area contributed by atoms with Gasteiger partial charge in [-0.05, 0) is 69.1 Å². The minimum absolute atomic E-state index is 0.0846. The number of hydrogen-bond acceptors (Lipinski definition) is 3. The van der Waals surface area contributed by atoms with Crippen LogP contribution >= 0.6 is 0 Å². The summed E-state index contributed by atoms with van der Waals surface area (Å²) in [6.45, 7) is 1.56. The number of hydrogen-bond donors (Lipinski definition) is 0. The summed E-state index contributed by atoms with van der Waals surface area (Å²) >= 11 is 0. The van der Waals surface area contributed by atoms with E-state index >= 15 is 0 Å². The van der Waals surface area contributed by atoms with Gasteiger partial charge in [0.1, 0.15) is 6.29 Å². The van der Waals surface area contributed by atoms with Crippen LogP contribution in [0.1, 0.15) is 64.2 Å². The smallest absolute Gasteiger partial charge is 0.157 e. The van der Waals surface area contributed by atoms with Gasteiger partial charge in [-0.25, -0.2) is 0 Å². The van der Waals surface area contributed by atoms with Gasteiger partial charge in [-0.1, -0.05) is 12.8 Å². The summed E-state index contributed by atoms with van der Waals surface area (Å²) in [6, 6.07) is 0. The SMILES string of the molecule is O=CC1CCC([C@H]2CC[C@H](CCC3OCCO3)CC2)CC1. The number of carbonyl (C=O) groups is 1. The van der Waals surface area contributed by atoms with E-state index in [1.54, 1.807) is 0 Å². The Balaban J connectivity index is 1.34. The van der Waals surface area contributed by atoms with Gasteiger partial charge in [0.15, 0.2) is 6.29 Å². The van der Waals surface area contributed by atoms with Crippen molar-refractivity contribution in [1.29, 1.82) is 0 Å². The molecule has 1 heterocycles. The van der Waals surface area contributed by atoms with Crippen molar-refractivity contribution in [3.63, 3.8) is 0 Å². The molecule has 0 bridgehead atoms. The quantitative estimate of drug-likeness (QED) is 0.720. The highest BCUT2D eigenvalue weighted by Gasteiger charge is 2.31. The maximum atomic E-state index is 10.8. The standard InChI is InChI=1S/C18H30O3/c19-13-15-3-8-17(9-4-15)16-6-1-14(2-7-16)5-10-18-20-11-12-21-18/h13-18H,1-12H2/t14-,15?,16-,17?. The molecule has 0 amide bonds. The molecule has 3 aliphatic rings. The van der Waals surface area contributed by atoms with Crippen LogP contribution < -0.4 is 0 Å². The van der Waals surface area contributed by atoms with Crippen LogP contribution in [0, 0.1) is 23.7 Å². The molecule has 3 rings (SSSR count). The predicted octanol–water partition coefficient (Wildman–Crippen LogP) is 3.95. The highest BCUT2D eigenvalue weighted by molar-refractivity contribution is 5.53. The zero-order chi connectivity index (χ0) is 14.5. The van der Waals surface area contributed by atoms with Crippen LogP contribution in [0.4, 0.5) is 0 Å². The highest BCUT2D eigenvalue weighted by Crippen LogP contribution is 2.42. The van der Waals surface area contributed by atoms with Gasteiger partial charge >= 0.3 is 0 Å². The van der Waals surface area contributed by atoms with Crippen molar-refractivity contribution in [2.24, 2.45) is 23.7 Å². The lowest BCUT2D eigenvalue weighted by Gasteiger charge is -2.37. The Labute approximate surface area is 128 Å². The summed E-state index contributed by atoms with van der Waals surface area (Å²) in [5, 5.41) is 0. The fourth-order valence-corrected chi connectivity index (χ4v) is 4.65. The van der Waals surface area contributed by atoms with Gasteiger partial charge < -0.3 is 14.3 Å². The zero-order valence-electron chi connectivity index (χ0n) is 13.2. The van der Waals surface area contributed by atoms with E-state index < -0.39 is 0 Å². The van der Waals surface area contributed by atoms with Crippen molar-refractivity contribution in [3.8, 4) is 0 Å². The van der Waals surface area contributed by atoms with E-state index in [0.717, 1.165) is 50.2 Å². The van der Waals surface area contributed by atoms with E-state index in [4.69, 9.17) is 9.47 Å². The molecule has 0 aromatic rings. The van der Waals surface area contributed by atoms with Crippen LogP contribution in [0.3, 0.4) is 0 Å². The lowest BCUT2D eigenvalue weighted by Crippen LogP contribution is -2.26. The van der Waals surface area contributed by atoms with Crippen molar-refractivity contribution in [3.05, 3.63) is 0 Å². The second-order valence-corrected chi connectivity index (χ2v) is 7.34. The third-order valence-corrected chi connectivity index (χ3v) is 6.07. The van der Waals surface area contributed by atoms with Crippen molar-refractivity contribution in [2.45, 2.75) is 70.5 Å². The molecule has 0 spiro atoms. The van der Waals surface area contributed by atoms with E-state index in [-0.39, 0.29) is 6.29 Å². The number of carbonyl (C=O) groups excluding carboxylic acids is 1. The first-order valence-electron chi connectivity index (χ1n) is 9.03. The largest absolute Gasteiger partial charge is 0.350 e. The lowest BCUT2D eigenvalue weighted by molar-refractivity contribution is -0.112. The summed E-state index contributed by atoms with van der Waals surface area (Å²) in [6.07, 6.45) is 14.1. The van der Waals surface area contributed by atoms with Crippen LogP contribution in [0.2, 0.25) is 0 Å². The second-order valence-electron chi connectivity index (χ2n) is 7.34. The van der Waals surface area contributed by atoms with Crippen molar-refractivity contribution >= 4 is 6.29 Å². The molecule has 0 radical (unpaired) electrons. The van der Waals surface area contributed by atoms with E-state index in [0.29, 0.717) is 5.92 Å². The van der Waals surface area contributed by atoms with E-state index in [1.165, 1.54) is 51.2 Å². The maximum absolute atomic E-state index is 10.8. The van der Waals surface area contributed by atoms with Gasteiger partial charge in [-0.2, -0.15) is 0 Å². The maximum Gasteiger partial charge on any atom is 0.157 e. The van der Waals surface area contributed by atoms with Crippen LogP contribution in [-0.4, -0.2) is 25.8 Å².